The highest BCUT2D eigenvalue weighted by atomic mass is 16.5. The number of nitrogens with zero attached hydrogens (tertiary/aromatic N) is 1. The fourth-order valence-electron chi connectivity index (χ4n) is 1.25. The minimum absolute atomic E-state index is 0.169. The van der Waals surface area contributed by atoms with Crippen LogP contribution in [0, 0.1) is 22.7 Å². The zero-order valence-corrected chi connectivity index (χ0v) is 10.7. The summed E-state index contributed by atoms with van der Waals surface area (Å²) in [5, 5.41) is 8.81. The quantitative estimate of drug-likeness (QED) is 0.572. The molecular formula is C13H25NO. The summed E-state index contributed by atoms with van der Waals surface area (Å²) in [5.74, 6) is 0.725. The first-order valence-corrected chi connectivity index (χ1v) is 5.97. The Morgan fingerprint density at radius 2 is 1.87 bits per heavy atom. The SMILES string of the molecule is CC(C)CCOCCCCC(C)(C)C#N. The Labute approximate surface area is 94.6 Å². The van der Waals surface area contributed by atoms with Crippen LogP contribution in [0.25, 0.3) is 0 Å². The average Bonchev–Trinajstić information content (AvgIpc) is 2.16. The Bertz CT molecular complexity index is 191. The van der Waals surface area contributed by atoms with E-state index in [0.717, 1.165) is 44.8 Å². The third kappa shape index (κ3) is 9.75. The second-order valence-electron chi connectivity index (χ2n) is 5.25. The van der Waals surface area contributed by atoms with Gasteiger partial charge in [0.15, 0.2) is 0 Å². The van der Waals surface area contributed by atoms with Gasteiger partial charge in [-0.3, -0.25) is 0 Å². The predicted octanol–water partition coefficient (Wildman–Crippen LogP) is 3.77. The van der Waals surface area contributed by atoms with Gasteiger partial charge < -0.3 is 4.74 Å². The molecule has 0 heterocycles. The highest BCUT2D eigenvalue weighted by Gasteiger charge is 2.15. The Morgan fingerprint density at radius 3 is 2.40 bits per heavy atom. The molecule has 0 aromatic carbocycles. The molecule has 0 radical (unpaired) electrons. The van der Waals surface area contributed by atoms with Gasteiger partial charge in [-0.05, 0) is 45.4 Å². The van der Waals surface area contributed by atoms with Crippen LogP contribution in [0.3, 0.4) is 0 Å². The second kappa shape index (κ2) is 7.70. The van der Waals surface area contributed by atoms with Crippen molar-refractivity contribution in [2.75, 3.05) is 13.2 Å². The molecule has 0 N–H and O–H groups in total. The van der Waals surface area contributed by atoms with Crippen LogP contribution in [0.4, 0.5) is 0 Å². The topological polar surface area (TPSA) is 33.0 Å². The molecule has 0 aliphatic heterocycles. The van der Waals surface area contributed by atoms with E-state index in [0.29, 0.717) is 0 Å². The number of ether oxygens (including phenoxy) is 1. The van der Waals surface area contributed by atoms with Gasteiger partial charge in [0.1, 0.15) is 0 Å². The summed E-state index contributed by atoms with van der Waals surface area (Å²) < 4.78 is 5.51. The van der Waals surface area contributed by atoms with Crippen molar-refractivity contribution in [3.8, 4) is 6.07 Å². The van der Waals surface area contributed by atoms with Crippen LogP contribution in [0.15, 0.2) is 0 Å². The molecule has 0 aliphatic carbocycles. The fourth-order valence-corrected chi connectivity index (χ4v) is 1.25. The molecule has 0 fully saturated rings. The molecule has 0 aromatic rings. The van der Waals surface area contributed by atoms with Crippen LogP contribution < -0.4 is 0 Å². The average molecular weight is 211 g/mol. The Kier molecular flexibility index (Phi) is 7.42. The summed E-state index contributed by atoms with van der Waals surface area (Å²) in [4.78, 5) is 0. The summed E-state index contributed by atoms with van der Waals surface area (Å²) in [7, 11) is 0. The second-order valence-corrected chi connectivity index (χ2v) is 5.25. The molecule has 0 amide bonds. The lowest BCUT2D eigenvalue weighted by molar-refractivity contribution is 0.118. The maximum absolute atomic E-state index is 8.81. The van der Waals surface area contributed by atoms with Crippen LogP contribution in [-0.4, -0.2) is 13.2 Å². The van der Waals surface area contributed by atoms with E-state index in [4.69, 9.17) is 10.00 Å². The molecule has 2 heteroatoms. The van der Waals surface area contributed by atoms with Crippen molar-refractivity contribution in [1.29, 1.82) is 5.26 Å². The smallest absolute Gasteiger partial charge is 0.0683 e. The summed E-state index contributed by atoms with van der Waals surface area (Å²) in [6, 6.07) is 2.32. The van der Waals surface area contributed by atoms with E-state index in [1.54, 1.807) is 0 Å². The summed E-state index contributed by atoms with van der Waals surface area (Å²) in [6.45, 7) is 10.1. The third-order valence-electron chi connectivity index (χ3n) is 2.48. The van der Waals surface area contributed by atoms with Crippen molar-refractivity contribution in [1.82, 2.24) is 0 Å². The van der Waals surface area contributed by atoms with E-state index >= 15 is 0 Å². The van der Waals surface area contributed by atoms with E-state index in [-0.39, 0.29) is 5.41 Å². The third-order valence-corrected chi connectivity index (χ3v) is 2.48. The first-order chi connectivity index (χ1) is 6.98. The van der Waals surface area contributed by atoms with Crippen LogP contribution in [0.2, 0.25) is 0 Å². The molecule has 0 aliphatic rings. The van der Waals surface area contributed by atoms with Gasteiger partial charge in [-0.25, -0.2) is 0 Å². The zero-order valence-electron chi connectivity index (χ0n) is 10.7. The predicted molar refractivity (Wildman–Crippen MR) is 63.5 cm³/mol. The maximum atomic E-state index is 8.81. The normalized spacial score (nSPS) is 11.7. The number of unbranched alkanes of at least 4 members (excludes halogenated alkanes) is 1. The molecule has 0 saturated heterocycles. The molecule has 0 unspecified atom stereocenters. The van der Waals surface area contributed by atoms with Crippen molar-refractivity contribution < 1.29 is 4.74 Å². The minimum Gasteiger partial charge on any atom is -0.381 e. The van der Waals surface area contributed by atoms with E-state index in [1.807, 2.05) is 13.8 Å². The first kappa shape index (κ1) is 14.5. The molecule has 0 bridgehead atoms. The molecule has 88 valence electrons. The van der Waals surface area contributed by atoms with Crippen LogP contribution >= 0.6 is 0 Å². The number of rotatable bonds is 8. The van der Waals surface area contributed by atoms with Crippen LogP contribution in [0.1, 0.15) is 53.4 Å². The largest absolute Gasteiger partial charge is 0.381 e. The molecule has 0 aromatic heterocycles. The van der Waals surface area contributed by atoms with E-state index in [9.17, 15) is 0 Å². The van der Waals surface area contributed by atoms with Gasteiger partial charge in [0.25, 0.3) is 0 Å². The van der Waals surface area contributed by atoms with Crippen molar-refractivity contribution in [2.24, 2.45) is 11.3 Å². The van der Waals surface area contributed by atoms with Gasteiger partial charge in [0.2, 0.25) is 0 Å². The van der Waals surface area contributed by atoms with Crippen molar-refractivity contribution in [3.05, 3.63) is 0 Å². The Hall–Kier alpha value is -0.550. The molecule has 0 saturated carbocycles. The van der Waals surface area contributed by atoms with Gasteiger partial charge in [0.05, 0.1) is 11.5 Å². The molecule has 2 nitrogen and oxygen atoms in total. The van der Waals surface area contributed by atoms with Crippen molar-refractivity contribution in [2.45, 2.75) is 53.4 Å². The summed E-state index contributed by atoms with van der Waals surface area (Å²) in [6.07, 6.45) is 4.27. The van der Waals surface area contributed by atoms with E-state index in [2.05, 4.69) is 19.9 Å². The Balaban J connectivity index is 3.23. The van der Waals surface area contributed by atoms with Crippen molar-refractivity contribution in [3.63, 3.8) is 0 Å². The lowest BCUT2D eigenvalue weighted by Crippen LogP contribution is -2.08. The van der Waals surface area contributed by atoms with Crippen LogP contribution in [0.5, 0.6) is 0 Å². The van der Waals surface area contributed by atoms with E-state index < -0.39 is 0 Å². The fraction of sp³-hybridized carbons (Fsp3) is 0.923. The lowest BCUT2D eigenvalue weighted by atomic mass is 9.89. The maximum Gasteiger partial charge on any atom is 0.0683 e. The molecule has 15 heavy (non-hydrogen) atoms. The molecule has 0 spiro atoms. The van der Waals surface area contributed by atoms with Gasteiger partial charge in [-0.2, -0.15) is 5.26 Å². The van der Waals surface area contributed by atoms with Gasteiger partial charge in [-0.1, -0.05) is 13.8 Å². The van der Waals surface area contributed by atoms with Crippen molar-refractivity contribution >= 4 is 0 Å². The lowest BCUT2D eigenvalue weighted by Gasteiger charge is -2.14. The number of hydrogen-bond donors (Lipinski definition) is 0. The van der Waals surface area contributed by atoms with E-state index in [1.165, 1.54) is 0 Å². The summed E-state index contributed by atoms with van der Waals surface area (Å²) in [5.41, 5.74) is -0.169. The number of hydrogen-bond acceptors (Lipinski definition) is 2. The zero-order chi connectivity index (χ0) is 11.7. The number of nitriles is 1. The first-order valence-electron chi connectivity index (χ1n) is 5.97. The molecular weight excluding hydrogens is 186 g/mol. The Morgan fingerprint density at radius 1 is 1.20 bits per heavy atom. The minimum atomic E-state index is -0.169. The van der Waals surface area contributed by atoms with Gasteiger partial charge >= 0.3 is 0 Å². The van der Waals surface area contributed by atoms with Gasteiger partial charge in [0, 0.05) is 13.2 Å². The van der Waals surface area contributed by atoms with Gasteiger partial charge in [-0.15, -0.1) is 0 Å². The molecule has 0 rings (SSSR count). The highest BCUT2D eigenvalue weighted by molar-refractivity contribution is 4.91. The highest BCUT2D eigenvalue weighted by Crippen LogP contribution is 2.21. The molecule has 0 atom stereocenters. The summed E-state index contributed by atoms with van der Waals surface area (Å²) >= 11 is 0. The monoisotopic (exact) mass is 211 g/mol. The van der Waals surface area contributed by atoms with Crippen LogP contribution in [-0.2, 0) is 4.74 Å². The standard InChI is InChI=1S/C13H25NO/c1-12(2)7-10-15-9-6-5-8-13(3,4)11-14/h12H,5-10H2,1-4H3.